The van der Waals surface area contributed by atoms with Gasteiger partial charge in [-0.1, -0.05) is 41.0 Å². The van der Waals surface area contributed by atoms with Crippen LogP contribution in [0.4, 0.5) is 5.82 Å². The van der Waals surface area contributed by atoms with Crippen molar-refractivity contribution in [3.8, 4) is 11.5 Å². The Labute approximate surface area is 202 Å². The van der Waals surface area contributed by atoms with E-state index >= 15 is 0 Å². The van der Waals surface area contributed by atoms with Crippen molar-refractivity contribution >= 4 is 45.0 Å². The van der Waals surface area contributed by atoms with Crippen molar-refractivity contribution in [1.29, 1.82) is 0 Å². The number of fused-ring (bicyclic) bond motifs is 3. The molecule has 0 unspecified atom stereocenters. The Bertz CT molecular complexity index is 1040. The molecule has 1 aromatic heterocycles. The highest BCUT2D eigenvalue weighted by molar-refractivity contribution is 8.76. The largest absolute Gasteiger partial charge is 0.504 e. The second-order valence-corrected chi connectivity index (χ2v) is 10.7. The zero-order chi connectivity index (χ0) is 23.8. The number of aromatic nitrogens is 1. The predicted octanol–water partition coefficient (Wildman–Crippen LogP) is 5.21. The number of carbonyl (C=O) groups is 2. The van der Waals surface area contributed by atoms with Crippen LogP contribution in [0.2, 0.25) is 0 Å². The van der Waals surface area contributed by atoms with Crippen LogP contribution >= 0.6 is 21.6 Å². The highest BCUT2D eigenvalue weighted by Crippen LogP contribution is 2.34. The quantitative estimate of drug-likeness (QED) is 0.440. The van der Waals surface area contributed by atoms with Gasteiger partial charge in [0.2, 0.25) is 0 Å². The monoisotopic (exact) mass is 486 g/mol. The molecule has 0 amide bonds. The van der Waals surface area contributed by atoms with Gasteiger partial charge >= 0.3 is 0 Å². The van der Waals surface area contributed by atoms with Crippen LogP contribution in [0.15, 0.2) is 30.5 Å². The van der Waals surface area contributed by atoms with Gasteiger partial charge in [0.25, 0.3) is 0 Å². The number of hydrogen-bond donors (Lipinski definition) is 2. The number of allylic oxidation sites excluding steroid dienone is 1. The molecule has 1 aliphatic heterocycles. The maximum absolute atomic E-state index is 12.4. The summed E-state index contributed by atoms with van der Waals surface area (Å²) < 4.78 is 5.24. The number of nitrogens with two attached hydrogens (primary N) is 1. The average Bonchev–Trinajstić information content (AvgIpc) is 2.79. The molecule has 1 aliphatic rings. The molecule has 176 valence electrons. The minimum absolute atomic E-state index is 0.0226. The van der Waals surface area contributed by atoms with E-state index in [2.05, 4.69) is 18.0 Å². The van der Waals surface area contributed by atoms with Crippen molar-refractivity contribution in [2.45, 2.75) is 44.8 Å². The Kier molecular flexibility index (Phi) is 9.26. The summed E-state index contributed by atoms with van der Waals surface area (Å²) in [6.07, 6.45) is 7.47. The molecule has 3 rings (SSSR count). The molecule has 0 saturated heterocycles. The number of anilines is 1. The summed E-state index contributed by atoms with van der Waals surface area (Å²) >= 11 is 0. The number of ether oxygens (including phenoxy) is 1. The van der Waals surface area contributed by atoms with E-state index in [0.29, 0.717) is 30.3 Å². The molecule has 3 N–H and O–H groups in total. The molecule has 2 heterocycles. The number of phenols is 1. The molecule has 0 radical (unpaired) electrons. The summed E-state index contributed by atoms with van der Waals surface area (Å²) in [6.45, 7) is 2.13. The lowest BCUT2D eigenvalue weighted by molar-refractivity contribution is -0.124. The summed E-state index contributed by atoms with van der Waals surface area (Å²) in [6, 6.07) is 5.38. The van der Waals surface area contributed by atoms with Crippen LogP contribution in [0.3, 0.4) is 0 Å². The lowest BCUT2D eigenvalue weighted by atomic mass is 9.97. The number of ketones is 2. The Morgan fingerprint density at radius 1 is 1.15 bits per heavy atom. The maximum atomic E-state index is 12.4. The van der Waals surface area contributed by atoms with Gasteiger partial charge in [0.1, 0.15) is 11.6 Å². The van der Waals surface area contributed by atoms with Crippen molar-refractivity contribution in [1.82, 2.24) is 4.98 Å². The van der Waals surface area contributed by atoms with E-state index in [1.807, 2.05) is 0 Å². The lowest BCUT2D eigenvalue weighted by Crippen LogP contribution is -2.09. The van der Waals surface area contributed by atoms with Crippen LogP contribution in [0, 0.1) is 5.92 Å². The first-order chi connectivity index (χ1) is 15.9. The molecule has 1 atom stereocenters. The smallest absolute Gasteiger partial charge is 0.163 e. The van der Waals surface area contributed by atoms with Crippen molar-refractivity contribution in [2.75, 3.05) is 18.6 Å². The number of nitrogens with zero attached hydrogens (tertiary/aromatic N) is 1. The molecule has 0 aliphatic carbocycles. The Morgan fingerprint density at radius 3 is 2.73 bits per heavy atom. The molecule has 2 aromatic rings. The van der Waals surface area contributed by atoms with Crippen molar-refractivity contribution in [2.24, 2.45) is 5.92 Å². The summed E-state index contributed by atoms with van der Waals surface area (Å²) in [4.78, 5) is 29.1. The van der Waals surface area contributed by atoms with Gasteiger partial charge in [-0.25, -0.2) is 4.98 Å². The van der Waals surface area contributed by atoms with Gasteiger partial charge in [0, 0.05) is 29.7 Å². The SMILES string of the molecule is CC[C@H]1CCC(=O)CC(=O)/C=C/c2cc(OC)c(O)cc2Cc2cnc(N)c(c2)CSSC1. The van der Waals surface area contributed by atoms with Gasteiger partial charge < -0.3 is 15.6 Å². The number of benzene rings is 1. The molecule has 2 bridgehead atoms. The van der Waals surface area contributed by atoms with E-state index in [1.54, 1.807) is 46.0 Å². The molecule has 8 heteroatoms. The molecule has 0 fully saturated rings. The Balaban J connectivity index is 1.95. The molecular formula is C25H30N2O4S2. The van der Waals surface area contributed by atoms with Gasteiger partial charge in [0.15, 0.2) is 17.3 Å². The minimum Gasteiger partial charge on any atom is -0.504 e. The zero-order valence-electron chi connectivity index (χ0n) is 19.0. The average molecular weight is 487 g/mol. The van der Waals surface area contributed by atoms with Gasteiger partial charge in [-0.3, -0.25) is 9.59 Å². The predicted molar refractivity (Wildman–Crippen MR) is 137 cm³/mol. The van der Waals surface area contributed by atoms with E-state index in [1.165, 1.54) is 13.2 Å². The topological polar surface area (TPSA) is 103 Å². The van der Waals surface area contributed by atoms with Crippen molar-refractivity contribution < 1.29 is 19.4 Å². The Hall–Kier alpha value is -2.45. The fourth-order valence-corrected chi connectivity index (χ4v) is 6.28. The van der Waals surface area contributed by atoms with Crippen LogP contribution < -0.4 is 10.5 Å². The molecule has 6 nitrogen and oxygen atoms in total. The number of Topliss-reactive ketones (excluding diaryl/α,β-unsaturated/α-hetero) is 1. The summed E-state index contributed by atoms with van der Waals surface area (Å²) in [5.41, 5.74) is 9.60. The fraction of sp³-hybridized carbons (Fsp3) is 0.400. The summed E-state index contributed by atoms with van der Waals surface area (Å²) in [5.74, 6) is 2.72. The first-order valence-corrected chi connectivity index (χ1v) is 13.5. The third kappa shape index (κ3) is 7.27. The standard InChI is InChI=1S/C25H30N2O4S2/c1-3-16-4-6-21(28)12-22(29)7-5-18-11-24(31-2)23(30)10-19(18)8-17-9-20(15-33-32-14-16)25(26)27-13-17/h5,7,9-11,13,16,30H,3-4,6,8,12,14-15H2,1-2H3,(H2,26,27)/b7-5+/t16-/m0/s1. The number of hydrogen-bond acceptors (Lipinski definition) is 8. The first-order valence-electron chi connectivity index (χ1n) is 11.0. The molecule has 0 spiro atoms. The molecule has 0 saturated carbocycles. The van der Waals surface area contributed by atoms with E-state index in [9.17, 15) is 14.7 Å². The van der Waals surface area contributed by atoms with Gasteiger partial charge in [0.05, 0.1) is 13.5 Å². The maximum Gasteiger partial charge on any atom is 0.163 e. The van der Waals surface area contributed by atoms with Crippen LogP contribution in [0.25, 0.3) is 6.08 Å². The van der Waals surface area contributed by atoms with Crippen LogP contribution in [0.5, 0.6) is 11.5 Å². The van der Waals surface area contributed by atoms with Crippen LogP contribution in [-0.4, -0.2) is 34.5 Å². The molecular weight excluding hydrogens is 456 g/mol. The van der Waals surface area contributed by atoms with Gasteiger partial charge in [-0.2, -0.15) is 0 Å². The van der Waals surface area contributed by atoms with Crippen LogP contribution in [0.1, 0.15) is 54.9 Å². The van der Waals surface area contributed by atoms with Gasteiger partial charge in [-0.15, -0.1) is 0 Å². The summed E-state index contributed by atoms with van der Waals surface area (Å²) in [5, 5.41) is 10.3. The van der Waals surface area contributed by atoms with E-state index < -0.39 is 0 Å². The highest BCUT2D eigenvalue weighted by atomic mass is 33.1. The first kappa shape index (κ1) is 25.2. The molecule has 1 aromatic carbocycles. The lowest BCUT2D eigenvalue weighted by Gasteiger charge is -2.14. The number of methoxy groups -OCH3 is 1. The van der Waals surface area contributed by atoms with E-state index in [-0.39, 0.29) is 23.7 Å². The second kappa shape index (κ2) is 12.1. The Morgan fingerprint density at radius 2 is 1.97 bits per heavy atom. The number of rotatable bonds is 2. The number of pyridine rings is 1. The summed E-state index contributed by atoms with van der Waals surface area (Å²) in [7, 11) is 4.99. The third-order valence-electron chi connectivity index (χ3n) is 5.72. The number of phenolic OH excluding ortho intramolecular Hbond substituents is 1. The van der Waals surface area contributed by atoms with Gasteiger partial charge in [-0.05, 0) is 59.7 Å². The van der Waals surface area contributed by atoms with Crippen LogP contribution in [-0.2, 0) is 21.8 Å². The van der Waals surface area contributed by atoms with E-state index in [4.69, 9.17) is 10.5 Å². The molecule has 33 heavy (non-hydrogen) atoms. The normalized spacial score (nSPS) is 19.3. The number of aromatic hydroxyl groups is 1. The second-order valence-electron chi connectivity index (χ2n) is 8.16. The van der Waals surface area contributed by atoms with Crippen molar-refractivity contribution in [3.05, 3.63) is 52.7 Å². The zero-order valence-corrected chi connectivity index (χ0v) is 20.6. The number of nitrogen functional groups attached to an aromatic ring is 1. The number of carbonyl (C=O) groups excluding carboxylic acids is 2. The third-order valence-corrected chi connectivity index (χ3v) is 8.19. The fourth-order valence-electron chi connectivity index (χ4n) is 3.65. The van der Waals surface area contributed by atoms with Crippen molar-refractivity contribution in [3.63, 3.8) is 0 Å². The van der Waals surface area contributed by atoms with E-state index in [0.717, 1.165) is 46.6 Å². The minimum atomic E-state index is -0.228. The highest BCUT2D eigenvalue weighted by Gasteiger charge is 2.15.